The second-order valence-electron chi connectivity index (χ2n) is 6.63. The number of sulfonamides is 1. The van der Waals surface area contributed by atoms with Gasteiger partial charge in [0.15, 0.2) is 0 Å². The first-order valence-corrected chi connectivity index (χ1v) is 10.2. The van der Waals surface area contributed by atoms with Crippen LogP contribution in [0.15, 0.2) is 0 Å². The Labute approximate surface area is 134 Å². The molecule has 1 N–H and O–H groups in total. The lowest BCUT2D eigenvalue weighted by Gasteiger charge is -2.37. The lowest BCUT2D eigenvalue weighted by molar-refractivity contribution is -0.132. The first-order valence-electron chi connectivity index (χ1n) is 8.35. The van der Waals surface area contributed by atoms with E-state index >= 15 is 0 Å². The van der Waals surface area contributed by atoms with Crippen LogP contribution in [0.3, 0.4) is 0 Å². The number of rotatable bonds is 6. The van der Waals surface area contributed by atoms with Gasteiger partial charge >= 0.3 is 0 Å². The van der Waals surface area contributed by atoms with Crippen LogP contribution in [0.5, 0.6) is 0 Å². The highest BCUT2D eigenvalue weighted by molar-refractivity contribution is 7.88. The number of piperidine rings is 1. The van der Waals surface area contributed by atoms with Gasteiger partial charge in [0.1, 0.15) is 0 Å². The number of hydrogen-bond donors (Lipinski definition) is 1. The number of hydrogen-bond acceptors (Lipinski definition) is 4. The van der Waals surface area contributed by atoms with Crippen LogP contribution in [-0.2, 0) is 14.8 Å². The van der Waals surface area contributed by atoms with Crippen molar-refractivity contribution in [3.63, 3.8) is 0 Å². The molecule has 2 rings (SSSR count). The van der Waals surface area contributed by atoms with Crippen molar-refractivity contribution in [3.05, 3.63) is 0 Å². The van der Waals surface area contributed by atoms with Gasteiger partial charge in [0.05, 0.1) is 6.26 Å². The molecule has 0 aromatic rings. The molecule has 0 radical (unpaired) electrons. The number of carbonyl (C=O) groups is 1. The van der Waals surface area contributed by atoms with Gasteiger partial charge in [-0.15, -0.1) is 0 Å². The summed E-state index contributed by atoms with van der Waals surface area (Å²) in [6.07, 6.45) is 5.93. The van der Waals surface area contributed by atoms with Crippen molar-refractivity contribution in [1.29, 1.82) is 0 Å². The molecular weight excluding hydrogens is 302 g/mol. The highest BCUT2D eigenvalue weighted by Gasteiger charge is 2.31. The van der Waals surface area contributed by atoms with E-state index in [2.05, 4.69) is 9.62 Å². The molecule has 2 saturated heterocycles. The molecule has 6 nitrogen and oxygen atoms in total. The summed E-state index contributed by atoms with van der Waals surface area (Å²) >= 11 is 0. The molecular formula is C15H29N3O3S. The van der Waals surface area contributed by atoms with E-state index in [-0.39, 0.29) is 5.91 Å². The van der Waals surface area contributed by atoms with Gasteiger partial charge < -0.3 is 4.90 Å². The third kappa shape index (κ3) is 5.21. The maximum Gasteiger partial charge on any atom is 0.222 e. The third-order valence-electron chi connectivity index (χ3n) is 4.75. The van der Waals surface area contributed by atoms with Gasteiger partial charge in [0, 0.05) is 38.6 Å². The maximum absolute atomic E-state index is 11.9. The molecule has 0 aromatic carbocycles. The number of amides is 1. The predicted molar refractivity (Wildman–Crippen MR) is 87.0 cm³/mol. The summed E-state index contributed by atoms with van der Waals surface area (Å²) in [7, 11) is -3.09. The first kappa shape index (κ1) is 17.7. The van der Waals surface area contributed by atoms with Crippen molar-refractivity contribution in [3.8, 4) is 0 Å². The lowest BCUT2D eigenvalue weighted by Crippen LogP contribution is -2.46. The fraction of sp³-hybridized carbons (Fsp3) is 0.933. The monoisotopic (exact) mass is 331 g/mol. The van der Waals surface area contributed by atoms with Crippen molar-refractivity contribution >= 4 is 15.9 Å². The summed E-state index contributed by atoms with van der Waals surface area (Å²) < 4.78 is 24.9. The molecule has 2 aliphatic rings. The van der Waals surface area contributed by atoms with E-state index in [0.29, 0.717) is 24.9 Å². The van der Waals surface area contributed by atoms with E-state index in [1.165, 1.54) is 6.26 Å². The Kier molecular flexibility index (Phi) is 6.23. The van der Waals surface area contributed by atoms with E-state index in [0.717, 1.165) is 51.9 Å². The molecule has 2 fully saturated rings. The van der Waals surface area contributed by atoms with Gasteiger partial charge in [-0.1, -0.05) is 6.92 Å². The van der Waals surface area contributed by atoms with E-state index in [1.807, 2.05) is 11.8 Å². The average Bonchev–Trinajstić information content (AvgIpc) is 2.94. The van der Waals surface area contributed by atoms with Crippen molar-refractivity contribution in [2.24, 2.45) is 5.92 Å². The molecule has 0 bridgehead atoms. The molecule has 0 saturated carbocycles. The van der Waals surface area contributed by atoms with Gasteiger partial charge in [0.2, 0.25) is 15.9 Å². The molecule has 0 spiro atoms. The minimum Gasteiger partial charge on any atom is -0.343 e. The molecule has 22 heavy (non-hydrogen) atoms. The summed E-state index contributed by atoms with van der Waals surface area (Å²) in [4.78, 5) is 16.4. The van der Waals surface area contributed by atoms with E-state index in [1.54, 1.807) is 0 Å². The Balaban J connectivity index is 1.73. The smallest absolute Gasteiger partial charge is 0.222 e. The fourth-order valence-electron chi connectivity index (χ4n) is 3.48. The van der Waals surface area contributed by atoms with Gasteiger partial charge in [-0.05, 0) is 38.1 Å². The van der Waals surface area contributed by atoms with Crippen LogP contribution in [-0.4, -0.2) is 69.1 Å². The van der Waals surface area contributed by atoms with Gasteiger partial charge in [-0.25, -0.2) is 13.1 Å². The number of nitrogens with one attached hydrogen (secondary N) is 1. The summed E-state index contributed by atoms with van der Waals surface area (Å²) in [5, 5.41) is 0. The molecule has 128 valence electrons. The Morgan fingerprint density at radius 2 is 1.86 bits per heavy atom. The van der Waals surface area contributed by atoms with Gasteiger partial charge in [0.25, 0.3) is 0 Å². The Morgan fingerprint density at radius 3 is 2.45 bits per heavy atom. The third-order valence-corrected chi connectivity index (χ3v) is 5.44. The van der Waals surface area contributed by atoms with E-state index < -0.39 is 10.0 Å². The van der Waals surface area contributed by atoms with E-state index in [4.69, 9.17) is 0 Å². The van der Waals surface area contributed by atoms with Gasteiger partial charge in [-0.2, -0.15) is 0 Å². The minimum atomic E-state index is -3.09. The van der Waals surface area contributed by atoms with Crippen LogP contribution in [0.1, 0.15) is 39.0 Å². The maximum atomic E-state index is 11.9. The lowest BCUT2D eigenvalue weighted by atomic mass is 10.0. The molecule has 0 aliphatic carbocycles. The fourth-order valence-corrected chi connectivity index (χ4v) is 4.02. The number of nitrogens with zero attached hydrogens (tertiary/aromatic N) is 2. The Bertz CT molecular complexity index is 472. The SMILES string of the molecule is CCCC(=O)N1CCC(N2CC[C@H](CNS(C)(=O)=O)C2)CC1. The highest BCUT2D eigenvalue weighted by atomic mass is 32.2. The standard InChI is InChI=1S/C15H29N3O3S/c1-3-4-15(19)17-9-6-14(7-10-17)18-8-5-13(12-18)11-16-22(2,20)21/h13-14,16H,3-12H2,1-2H3/t13-/m1/s1. The van der Waals surface area contributed by atoms with Crippen molar-refractivity contribution in [1.82, 2.24) is 14.5 Å². The zero-order valence-electron chi connectivity index (χ0n) is 13.8. The van der Waals surface area contributed by atoms with Crippen LogP contribution >= 0.6 is 0 Å². The normalized spacial score (nSPS) is 24.8. The second kappa shape index (κ2) is 7.75. The van der Waals surface area contributed by atoms with Crippen LogP contribution in [0.4, 0.5) is 0 Å². The number of carbonyl (C=O) groups excluding carboxylic acids is 1. The molecule has 1 atom stereocenters. The van der Waals surface area contributed by atoms with Crippen LogP contribution in [0.2, 0.25) is 0 Å². The van der Waals surface area contributed by atoms with Gasteiger partial charge in [-0.3, -0.25) is 9.69 Å². The molecule has 1 amide bonds. The summed E-state index contributed by atoms with van der Waals surface area (Å²) in [5.74, 6) is 0.701. The van der Waals surface area contributed by atoms with Crippen LogP contribution in [0.25, 0.3) is 0 Å². The van der Waals surface area contributed by atoms with Crippen molar-refractivity contribution in [2.75, 3.05) is 39.0 Å². The first-order chi connectivity index (χ1) is 10.4. The predicted octanol–water partition coefficient (Wildman–Crippen LogP) is 0.649. The van der Waals surface area contributed by atoms with E-state index in [9.17, 15) is 13.2 Å². The average molecular weight is 331 g/mol. The molecule has 0 aromatic heterocycles. The highest BCUT2D eigenvalue weighted by Crippen LogP contribution is 2.24. The van der Waals surface area contributed by atoms with Crippen LogP contribution in [0, 0.1) is 5.92 Å². The van der Waals surface area contributed by atoms with Crippen molar-refractivity contribution < 1.29 is 13.2 Å². The molecule has 7 heteroatoms. The summed E-state index contributed by atoms with van der Waals surface area (Å²) in [5.41, 5.74) is 0. The quantitative estimate of drug-likeness (QED) is 0.776. The Morgan fingerprint density at radius 1 is 1.18 bits per heavy atom. The largest absolute Gasteiger partial charge is 0.343 e. The van der Waals surface area contributed by atoms with Crippen LogP contribution < -0.4 is 4.72 Å². The number of likely N-dealkylation sites (tertiary alicyclic amines) is 2. The molecule has 2 aliphatic heterocycles. The topological polar surface area (TPSA) is 69.7 Å². The second-order valence-corrected chi connectivity index (χ2v) is 8.47. The Hall–Kier alpha value is -0.660. The van der Waals surface area contributed by atoms with Crippen molar-refractivity contribution in [2.45, 2.75) is 45.1 Å². The summed E-state index contributed by atoms with van der Waals surface area (Å²) in [6.45, 7) is 6.33. The molecule has 0 unspecified atom stereocenters. The summed E-state index contributed by atoms with van der Waals surface area (Å²) in [6, 6.07) is 0.550. The minimum absolute atomic E-state index is 0.289. The molecule has 2 heterocycles. The zero-order chi connectivity index (χ0) is 16.2. The zero-order valence-corrected chi connectivity index (χ0v) is 14.6.